The number of carbonyl (C=O) groups is 1. The number of alkyl halides is 1. The third kappa shape index (κ3) is 3.67. The van der Waals surface area contributed by atoms with Crippen molar-refractivity contribution in [3.05, 3.63) is 67.1 Å². The molecule has 3 rings (SSSR count). The number of rotatable bonds is 5. The summed E-state index contributed by atoms with van der Waals surface area (Å²) < 4.78 is 0. The Morgan fingerprint density at radius 1 is 0.958 bits per heavy atom. The maximum absolute atomic E-state index is 11.4. The van der Waals surface area contributed by atoms with E-state index in [9.17, 15) is 4.79 Å². The quantitative estimate of drug-likeness (QED) is 0.720. The average molecular weight is 340 g/mol. The van der Waals surface area contributed by atoms with Crippen LogP contribution in [0.15, 0.2) is 67.1 Å². The number of amides is 1. The van der Waals surface area contributed by atoms with Gasteiger partial charge in [0.1, 0.15) is 11.7 Å². The van der Waals surface area contributed by atoms with Gasteiger partial charge in [-0.2, -0.15) is 0 Å². The maximum Gasteiger partial charge on any atom is 0.239 e. The van der Waals surface area contributed by atoms with E-state index in [0.717, 1.165) is 5.69 Å². The lowest BCUT2D eigenvalue weighted by atomic mass is 10.2. The molecule has 0 saturated heterocycles. The van der Waals surface area contributed by atoms with Gasteiger partial charge in [0, 0.05) is 24.3 Å². The van der Waals surface area contributed by atoms with Crippen LogP contribution in [0.3, 0.4) is 0 Å². The number of anilines is 4. The Labute approximate surface area is 144 Å². The number of hydrogen-bond acceptors (Lipinski definition) is 5. The van der Waals surface area contributed by atoms with Crippen LogP contribution < -0.4 is 10.2 Å². The highest BCUT2D eigenvalue weighted by molar-refractivity contribution is 6.29. The summed E-state index contributed by atoms with van der Waals surface area (Å²) in [5, 5.41) is 2.70. The topological polar surface area (TPSA) is 71.0 Å². The summed E-state index contributed by atoms with van der Waals surface area (Å²) in [6, 6.07) is 14.7. The van der Waals surface area contributed by atoms with E-state index in [4.69, 9.17) is 11.6 Å². The fraction of sp³-hybridized carbons (Fsp3) is 0.0588. The highest BCUT2D eigenvalue weighted by Crippen LogP contribution is 2.30. The summed E-state index contributed by atoms with van der Waals surface area (Å²) >= 11 is 5.50. The zero-order valence-corrected chi connectivity index (χ0v) is 13.4. The first-order valence-corrected chi connectivity index (χ1v) is 7.75. The van der Waals surface area contributed by atoms with Crippen molar-refractivity contribution in [1.82, 2.24) is 15.0 Å². The molecule has 1 amide bonds. The zero-order chi connectivity index (χ0) is 16.8. The van der Waals surface area contributed by atoms with Crippen LogP contribution in [-0.4, -0.2) is 26.7 Å². The summed E-state index contributed by atoms with van der Waals surface area (Å²) in [5.41, 5.74) is 1.49. The Hall–Kier alpha value is -2.99. The molecule has 1 aromatic carbocycles. The Morgan fingerprint density at radius 2 is 1.67 bits per heavy atom. The van der Waals surface area contributed by atoms with Gasteiger partial charge in [0.05, 0.1) is 5.69 Å². The first kappa shape index (κ1) is 15.9. The molecule has 0 spiro atoms. The molecule has 6 nitrogen and oxygen atoms in total. The second-order valence-electron chi connectivity index (χ2n) is 4.80. The SMILES string of the molecule is O=C(CCl)Nc1ccc(N(c2ccccn2)c2ncccn2)cc1. The summed E-state index contributed by atoms with van der Waals surface area (Å²) in [6.45, 7) is 0. The monoisotopic (exact) mass is 339 g/mol. The molecule has 0 saturated carbocycles. The fourth-order valence-electron chi connectivity index (χ4n) is 2.13. The highest BCUT2D eigenvalue weighted by atomic mass is 35.5. The lowest BCUT2D eigenvalue weighted by Crippen LogP contribution is -2.15. The van der Waals surface area contributed by atoms with Crippen LogP contribution in [-0.2, 0) is 4.79 Å². The van der Waals surface area contributed by atoms with Gasteiger partial charge < -0.3 is 5.32 Å². The third-order valence-electron chi connectivity index (χ3n) is 3.16. The van der Waals surface area contributed by atoms with E-state index >= 15 is 0 Å². The molecule has 0 fully saturated rings. The Morgan fingerprint density at radius 3 is 2.29 bits per heavy atom. The van der Waals surface area contributed by atoms with Crippen LogP contribution in [0, 0.1) is 0 Å². The van der Waals surface area contributed by atoms with Crippen LogP contribution in [0.4, 0.5) is 23.1 Å². The Kier molecular flexibility index (Phi) is 4.98. The molecule has 0 radical (unpaired) electrons. The average Bonchev–Trinajstić information content (AvgIpc) is 2.65. The Bertz CT molecular complexity index is 757. The number of hydrogen-bond donors (Lipinski definition) is 1. The summed E-state index contributed by atoms with van der Waals surface area (Å²) in [5.74, 6) is 0.868. The van der Waals surface area contributed by atoms with Crippen molar-refractivity contribution in [3.8, 4) is 0 Å². The number of pyridine rings is 1. The molecule has 3 aromatic rings. The van der Waals surface area contributed by atoms with Crippen molar-refractivity contribution in [1.29, 1.82) is 0 Å². The van der Waals surface area contributed by atoms with Crippen molar-refractivity contribution in [2.45, 2.75) is 0 Å². The van der Waals surface area contributed by atoms with E-state index in [-0.39, 0.29) is 11.8 Å². The zero-order valence-electron chi connectivity index (χ0n) is 12.6. The molecule has 2 heterocycles. The maximum atomic E-state index is 11.4. The molecule has 2 aromatic heterocycles. The molecule has 24 heavy (non-hydrogen) atoms. The van der Waals surface area contributed by atoms with Crippen molar-refractivity contribution in [2.24, 2.45) is 0 Å². The number of nitrogens with zero attached hydrogens (tertiary/aromatic N) is 4. The lowest BCUT2D eigenvalue weighted by Gasteiger charge is -2.21. The first-order valence-electron chi connectivity index (χ1n) is 7.22. The summed E-state index contributed by atoms with van der Waals surface area (Å²) in [6.07, 6.45) is 5.06. The van der Waals surface area contributed by atoms with Crippen LogP contribution in [0.5, 0.6) is 0 Å². The molecular formula is C17H14ClN5O. The first-order chi connectivity index (χ1) is 11.8. The van der Waals surface area contributed by atoms with Gasteiger partial charge in [-0.25, -0.2) is 15.0 Å². The van der Waals surface area contributed by atoms with E-state index in [2.05, 4.69) is 20.3 Å². The molecule has 0 aliphatic rings. The molecular weight excluding hydrogens is 326 g/mol. The van der Waals surface area contributed by atoms with Crippen LogP contribution >= 0.6 is 11.6 Å². The van der Waals surface area contributed by atoms with E-state index in [0.29, 0.717) is 17.5 Å². The predicted octanol–water partition coefficient (Wildman–Crippen LogP) is 3.52. The summed E-state index contributed by atoms with van der Waals surface area (Å²) in [7, 11) is 0. The van der Waals surface area contributed by atoms with E-state index in [1.54, 1.807) is 36.8 Å². The Balaban J connectivity index is 1.96. The predicted molar refractivity (Wildman–Crippen MR) is 93.9 cm³/mol. The van der Waals surface area contributed by atoms with Gasteiger partial charge in [0.25, 0.3) is 0 Å². The second-order valence-corrected chi connectivity index (χ2v) is 5.07. The molecule has 1 N–H and O–H groups in total. The van der Waals surface area contributed by atoms with Crippen LogP contribution in [0.1, 0.15) is 0 Å². The number of aromatic nitrogens is 3. The minimum Gasteiger partial charge on any atom is -0.325 e. The van der Waals surface area contributed by atoms with Crippen molar-refractivity contribution in [2.75, 3.05) is 16.1 Å². The number of carbonyl (C=O) groups excluding carboxylic acids is 1. The molecule has 0 atom stereocenters. The van der Waals surface area contributed by atoms with Gasteiger partial charge in [-0.3, -0.25) is 9.69 Å². The van der Waals surface area contributed by atoms with E-state index in [1.165, 1.54) is 0 Å². The molecule has 0 aliphatic carbocycles. The number of benzene rings is 1. The number of halogens is 1. The minimum atomic E-state index is -0.252. The van der Waals surface area contributed by atoms with Crippen LogP contribution in [0.25, 0.3) is 0 Å². The normalized spacial score (nSPS) is 10.2. The molecule has 120 valence electrons. The van der Waals surface area contributed by atoms with Crippen molar-refractivity contribution < 1.29 is 4.79 Å². The lowest BCUT2D eigenvalue weighted by molar-refractivity contribution is -0.113. The van der Waals surface area contributed by atoms with Gasteiger partial charge in [0.2, 0.25) is 11.9 Å². The minimum absolute atomic E-state index is 0.0837. The molecule has 7 heteroatoms. The highest BCUT2D eigenvalue weighted by Gasteiger charge is 2.15. The standard InChI is InChI=1S/C17H14ClN5O/c18-12-16(24)22-13-5-7-14(8-6-13)23(15-4-1-2-9-19-15)17-20-10-3-11-21-17/h1-11H,12H2,(H,22,24). The fourth-order valence-corrected chi connectivity index (χ4v) is 2.20. The van der Waals surface area contributed by atoms with E-state index < -0.39 is 0 Å². The second kappa shape index (κ2) is 7.52. The molecule has 0 bridgehead atoms. The van der Waals surface area contributed by atoms with Gasteiger partial charge in [0.15, 0.2) is 0 Å². The summed E-state index contributed by atoms with van der Waals surface area (Å²) in [4.78, 5) is 26.2. The largest absolute Gasteiger partial charge is 0.325 e. The van der Waals surface area contributed by atoms with Gasteiger partial charge in [-0.05, 0) is 42.5 Å². The molecule has 0 unspecified atom stereocenters. The third-order valence-corrected chi connectivity index (χ3v) is 3.40. The van der Waals surface area contributed by atoms with Gasteiger partial charge in [-0.15, -0.1) is 11.6 Å². The smallest absolute Gasteiger partial charge is 0.239 e. The molecule has 0 aliphatic heterocycles. The van der Waals surface area contributed by atoms with Gasteiger partial charge in [-0.1, -0.05) is 6.07 Å². The van der Waals surface area contributed by atoms with E-state index in [1.807, 2.05) is 35.2 Å². The van der Waals surface area contributed by atoms with Gasteiger partial charge >= 0.3 is 0 Å². The van der Waals surface area contributed by atoms with Crippen molar-refractivity contribution in [3.63, 3.8) is 0 Å². The number of nitrogens with one attached hydrogen (secondary N) is 1. The van der Waals surface area contributed by atoms with Crippen molar-refractivity contribution >= 4 is 40.6 Å². The van der Waals surface area contributed by atoms with Crippen LogP contribution in [0.2, 0.25) is 0 Å².